The Morgan fingerprint density at radius 3 is 2.68 bits per heavy atom. The number of carbonyl (C=O) groups is 2. The van der Waals surface area contributed by atoms with Crippen molar-refractivity contribution in [2.24, 2.45) is 4.99 Å². The Labute approximate surface area is 153 Å². The summed E-state index contributed by atoms with van der Waals surface area (Å²) in [5.74, 6) is -0.519. The summed E-state index contributed by atoms with van der Waals surface area (Å²) in [6.45, 7) is 0. The summed E-state index contributed by atoms with van der Waals surface area (Å²) >= 11 is 6.99. The Hall–Kier alpha value is -2.64. The van der Waals surface area contributed by atoms with Gasteiger partial charge in [-0.2, -0.15) is 0 Å². The summed E-state index contributed by atoms with van der Waals surface area (Å²) in [7, 11) is 1.25. The Morgan fingerprint density at radius 1 is 1.28 bits per heavy atom. The molecule has 1 aliphatic heterocycles. The number of rotatable bonds is 3. The number of aliphatic imine (C=N–C) groups is 1. The normalized spacial score (nSPS) is 17.4. The van der Waals surface area contributed by atoms with Gasteiger partial charge in [-0.05, 0) is 48.2 Å². The summed E-state index contributed by atoms with van der Waals surface area (Å²) in [6, 6.07) is 12.1. The van der Waals surface area contributed by atoms with Gasteiger partial charge in [0.15, 0.2) is 11.0 Å². The molecule has 0 unspecified atom stereocenters. The minimum atomic E-state index is -0.606. The summed E-state index contributed by atoms with van der Waals surface area (Å²) < 4.78 is 4.60. The van der Waals surface area contributed by atoms with E-state index in [0.29, 0.717) is 21.7 Å². The molecular formula is C17H12ClN3O3S. The van der Waals surface area contributed by atoms with Crippen molar-refractivity contribution in [2.45, 2.75) is 0 Å². The first-order valence-corrected chi connectivity index (χ1v) is 8.35. The standard InChI is InChI=1S/C17H12ClN3O3S/c1-24-15(22)10-13-16(23)21(12-7-5-11(18)6-8-12)17(25-13)20-14-4-2-3-9-19-14/h2-10H,1H3. The van der Waals surface area contributed by atoms with Crippen molar-refractivity contribution in [3.05, 3.63) is 64.7 Å². The number of carbonyl (C=O) groups excluding carboxylic acids is 2. The zero-order valence-electron chi connectivity index (χ0n) is 13.0. The van der Waals surface area contributed by atoms with E-state index in [0.717, 1.165) is 17.8 Å². The first kappa shape index (κ1) is 17.2. The third-order valence-corrected chi connectivity index (χ3v) is 4.42. The molecular weight excluding hydrogens is 362 g/mol. The molecule has 1 aliphatic rings. The molecule has 6 nitrogen and oxygen atoms in total. The number of thioether (sulfide) groups is 1. The quantitative estimate of drug-likeness (QED) is 0.607. The van der Waals surface area contributed by atoms with Gasteiger partial charge >= 0.3 is 5.97 Å². The van der Waals surface area contributed by atoms with E-state index in [1.807, 2.05) is 0 Å². The molecule has 1 amide bonds. The number of benzene rings is 1. The van der Waals surface area contributed by atoms with Crippen molar-refractivity contribution in [2.75, 3.05) is 12.0 Å². The lowest BCUT2D eigenvalue weighted by Gasteiger charge is -2.15. The lowest BCUT2D eigenvalue weighted by Crippen LogP contribution is -2.28. The number of amidine groups is 1. The van der Waals surface area contributed by atoms with Gasteiger partial charge in [0.2, 0.25) is 0 Å². The smallest absolute Gasteiger partial charge is 0.331 e. The third kappa shape index (κ3) is 3.89. The fourth-order valence-corrected chi connectivity index (χ4v) is 3.13. The molecule has 25 heavy (non-hydrogen) atoms. The lowest BCUT2D eigenvalue weighted by molar-refractivity contribution is -0.135. The van der Waals surface area contributed by atoms with Crippen LogP contribution in [0.4, 0.5) is 11.5 Å². The molecule has 3 rings (SSSR count). The van der Waals surface area contributed by atoms with Crippen LogP contribution in [0.1, 0.15) is 0 Å². The highest BCUT2D eigenvalue weighted by Gasteiger charge is 2.35. The maximum Gasteiger partial charge on any atom is 0.331 e. The van der Waals surface area contributed by atoms with Crippen molar-refractivity contribution >= 4 is 51.9 Å². The van der Waals surface area contributed by atoms with E-state index in [2.05, 4.69) is 14.7 Å². The fraction of sp³-hybridized carbons (Fsp3) is 0.0588. The van der Waals surface area contributed by atoms with Gasteiger partial charge < -0.3 is 4.74 Å². The topological polar surface area (TPSA) is 71.9 Å². The van der Waals surface area contributed by atoms with Gasteiger partial charge in [0, 0.05) is 17.3 Å². The number of methoxy groups -OCH3 is 1. The van der Waals surface area contributed by atoms with Crippen molar-refractivity contribution in [3.8, 4) is 0 Å². The zero-order chi connectivity index (χ0) is 17.8. The predicted molar refractivity (Wildman–Crippen MR) is 98.0 cm³/mol. The number of hydrogen-bond donors (Lipinski definition) is 0. The van der Waals surface area contributed by atoms with E-state index >= 15 is 0 Å². The lowest BCUT2D eigenvalue weighted by atomic mass is 10.3. The number of aromatic nitrogens is 1. The van der Waals surface area contributed by atoms with E-state index in [-0.39, 0.29) is 10.8 Å². The first-order valence-electron chi connectivity index (χ1n) is 7.16. The average Bonchev–Trinajstić information content (AvgIpc) is 2.92. The number of hydrogen-bond acceptors (Lipinski definition) is 6. The van der Waals surface area contributed by atoms with Crippen LogP contribution < -0.4 is 4.90 Å². The van der Waals surface area contributed by atoms with Crippen molar-refractivity contribution in [1.29, 1.82) is 0 Å². The molecule has 1 aromatic carbocycles. The summed E-state index contributed by atoms with van der Waals surface area (Å²) in [5, 5.41) is 0.942. The third-order valence-electron chi connectivity index (χ3n) is 3.20. The van der Waals surface area contributed by atoms with Gasteiger partial charge in [-0.25, -0.2) is 14.8 Å². The van der Waals surface area contributed by atoms with Crippen molar-refractivity contribution < 1.29 is 14.3 Å². The van der Waals surface area contributed by atoms with Gasteiger partial charge in [-0.15, -0.1) is 0 Å². The van der Waals surface area contributed by atoms with E-state index in [4.69, 9.17) is 11.6 Å². The highest BCUT2D eigenvalue weighted by atomic mass is 35.5. The van der Waals surface area contributed by atoms with E-state index in [1.165, 1.54) is 12.0 Å². The second-order valence-electron chi connectivity index (χ2n) is 4.83. The maximum atomic E-state index is 12.7. The van der Waals surface area contributed by atoms with Crippen LogP contribution in [-0.4, -0.2) is 29.1 Å². The molecule has 2 aromatic rings. The van der Waals surface area contributed by atoms with Crippen LogP contribution in [0, 0.1) is 0 Å². The molecule has 1 saturated heterocycles. The van der Waals surface area contributed by atoms with E-state index < -0.39 is 5.97 Å². The van der Waals surface area contributed by atoms with Crippen LogP contribution in [0.3, 0.4) is 0 Å². The summed E-state index contributed by atoms with van der Waals surface area (Å²) in [6.07, 6.45) is 2.76. The largest absolute Gasteiger partial charge is 0.466 e. The molecule has 1 aromatic heterocycles. The zero-order valence-corrected chi connectivity index (χ0v) is 14.6. The molecule has 0 N–H and O–H groups in total. The second-order valence-corrected chi connectivity index (χ2v) is 6.28. The molecule has 8 heteroatoms. The SMILES string of the molecule is COC(=O)C=C1SC(=Nc2ccccn2)N(c2ccc(Cl)cc2)C1=O. The molecule has 0 saturated carbocycles. The monoisotopic (exact) mass is 373 g/mol. The van der Waals surface area contributed by atoms with Gasteiger partial charge in [-0.1, -0.05) is 17.7 Å². The van der Waals surface area contributed by atoms with Crippen LogP contribution in [0.15, 0.2) is 64.6 Å². The number of ether oxygens (including phenoxy) is 1. The Morgan fingerprint density at radius 2 is 2.04 bits per heavy atom. The number of halogens is 1. The van der Waals surface area contributed by atoms with E-state index in [1.54, 1.807) is 48.7 Å². The molecule has 0 radical (unpaired) electrons. The van der Waals surface area contributed by atoms with Crippen LogP contribution in [-0.2, 0) is 14.3 Å². The minimum absolute atomic E-state index is 0.219. The molecule has 0 bridgehead atoms. The number of anilines is 1. The number of nitrogens with zero attached hydrogens (tertiary/aromatic N) is 3. The summed E-state index contributed by atoms with van der Waals surface area (Å²) in [5.41, 5.74) is 0.588. The average molecular weight is 374 g/mol. The molecule has 0 spiro atoms. The van der Waals surface area contributed by atoms with Crippen LogP contribution in [0.25, 0.3) is 0 Å². The summed E-state index contributed by atoms with van der Waals surface area (Å²) in [4.78, 5) is 34.4. The van der Waals surface area contributed by atoms with Crippen molar-refractivity contribution in [1.82, 2.24) is 4.98 Å². The van der Waals surface area contributed by atoms with E-state index in [9.17, 15) is 9.59 Å². The highest BCUT2D eigenvalue weighted by molar-refractivity contribution is 8.19. The van der Waals surface area contributed by atoms with Crippen LogP contribution >= 0.6 is 23.4 Å². The maximum absolute atomic E-state index is 12.7. The second kappa shape index (κ2) is 7.50. The van der Waals surface area contributed by atoms with Gasteiger partial charge in [-0.3, -0.25) is 9.69 Å². The Bertz CT molecular complexity index is 866. The Kier molecular flexibility index (Phi) is 5.16. The molecule has 0 aliphatic carbocycles. The van der Waals surface area contributed by atoms with Gasteiger partial charge in [0.05, 0.1) is 17.7 Å². The molecule has 0 atom stereocenters. The predicted octanol–water partition coefficient (Wildman–Crippen LogP) is 3.56. The van der Waals surface area contributed by atoms with Crippen LogP contribution in [0.5, 0.6) is 0 Å². The number of esters is 1. The van der Waals surface area contributed by atoms with Gasteiger partial charge in [0.25, 0.3) is 5.91 Å². The van der Waals surface area contributed by atoms with Crippen LogP contribution in [0.2, 0.25) is 5.02 Å². The molecule has 2 heterocycles. The van der Waals surface area contributed by atoms with Gasteiger partial charge in [0.1, 0.15) is 0 Å². The minimum Gasteiger partial charge on any atom is -0.466 e. The number of pyridine rings is 1. The fourth-order valence-electron chi connectivity index (χ4n) is 2.05. The Balaban J connectivity index is 2.05. The molecule has 1 fully saturated rings. The van der Waals surface area contributed by atoms with Crippen molar-refractivity contribution in [3.63, 3.8) is 0 Å². The molecule has 126 valence electrons. The number of amides is 1. The first-order chi connectivity index (χ1) is 12.1. The highest BCUT2D eigenvalue weighted by Crippen LogP contribution is 2.36.